The number of ether oxygens (including phenoxy) is 1. The average molecular weight is 499 g/mol. The van der Waals surface area contributed by atoms with Crippen LogP contribution < -0.4 is 10.1 Å². The Morgan fingerprint density at radius 2 is 1.86 bits per heavy atom. The largest absolute Gasteiger partial charge is 0.497 e. The summed E-state index contributed by atoms with van der Waals surface area (Å²) < 4.78 is 5.21. The number of benzene rings is 3. The number of amidine groups is 1. The van der Waals surface area contributed by atoms with Crippen molar-refractivity contribution in [1.82, 2.24) is 5.01 Å². The first kappa shape index (κ1) is 23.8. The van der Waals surface area contributed by atoms with E-state index < -0.39 is 5.25 Å². The molecule has 2 amide bonds. The summed E-state index contributed by atoms with van der Waals surface area (Å²) in [5.41, 5.74) is 4.89. The smallest absolute Gasteiger partial charge is 0.262 e. The molecule has 0 saturated carbocycles. The normalized spacial score (nSPS) is 19.2. The molecule has 0 saturated heterocycles. The predicted octanol–water partition coefficient (Wildman–Crippen LogP) is 5.18. The van der Waals surface area contributed by atoms with E-state index in [1.54, 1.807) is 31.4 Å². The van der Waals surface area contributed by atoms with E-state index in [1.165, 1.54) is 17.3 Å². The van der Waals surface area contributed by atoms with E-state index >= 15 is 0 Å². The van der Waals surface area contributed by atoms with E-state index in [4.69, 9.17) is 9.84 Å². The summed E-state index contributed by atoms with van der Waals surface area (Å²) in [7, 11) is 1.57. The molecule has 0 fully saturated rings. The van der Waals surface area contributed by atoms with E-state index in [0.717, 1.165) is 16.8 Å². The fourth-order valence-electron chi connectivity index (χ4n) is 4.23. The van der Waals surface area contributed by atoms with Gasteiger partial charge in [0.05, 0.1) is 18.9 Å². The van der Waals surface area contributed by atoms with E-state index in [0.29, 0.717) is 23.0 Å². The van der Waals surface area contributed by atoms with E-state index in [9.17, 15) is 9.59 Å². The van der Waals surface area contributed by atoms with Gasteiger partial charge in [-0.2, -0.15) is 10.1 Å². The van der Waals surface area contributed by atoms with Gasteiger partial charge in [-0.3, -0.25) is 9.59 Å². The minimum absolute atomic E-state index is 0.0199. The minimum Gasteiger partial charge on any atom is -0.497 e. The molecule has 0 unspecified atom stereocenters. The molecule has 2 atom stereocenters. The Kier molecular flexibility index (Phi) is 6.86. The van der Waals surface area contributed by atoms with Crippen molar-refractivity contribution in [3.05, 3.63) is 95.6 Å². The minimum atomic E-state index is -0.597. The molecule has 2 heterocycles. The predicted molar refractivity (Wildman–Crippen MR) is 143 cm³/mol. The van der Waals surface area contributed by atoms with Crippen molar-refractivity contribution in [2.24, 2.45) is 10.1 Å². The molecule has 36 heavy (non-hydrogen) atoms. The second-order valence-corrected chi connectivity index (χ2v) is 9.88. The van der Waals surface area contributed by atoms with Crippen molar-refractivity contribution in [1.29, 1.82) is 0 Å². The summed E-state index contributed by atoms with van der Waals surface area (Å²) in [5.74, 6) is 0.0741. The van der Waals surface area contributed by atoms with E-state index in [1.807, 2.05) is 23.2 Å². The van der Waals surface area contributed by atoms with Crippen LogP contribution in [0.15, 0.2) is 89.0 Å². The number of carbonyl (C=O) groups is 2. The number of amides is 2. The van der Waals surface area contributed by atoms with Crippen LogP contribution in [0.25, 0.3) is 0 Å². The molecule has 3 aromatic carbocycles. The highest BCUT2D eigenvalue weighted by atomic mass is 32.2. The molecule has 0 aliphatic carbocycles. The molecule has 0 bridgehead atoms. The van der Waals surface area contributed by atoms with Gasteiger partial charge in [0, 0.05) is 24.6 Å². The molecule has 5 rings (SSSR count). The number of rotatable bonds is 6. The standard InChI is InChI=1S/C28H26N4O3S/c1-18-11-13-19(14-12-18)23-16-24(20-7-4-3-5-8-20)32(31-23)28-30-27(34)25(36-28)17-26(33)29-21-9-6-10-22(15-21)35-2/h3-15,24-25H,16-17H2,1-2H3,(H,29,33)/t24-,25-/m0/s1. The molecular weight excluding hydrogens is 472 g/mol. The zero-order valence-corrected chi connectivity index (χ0v) is 20.9. The van der Waals surface area contributed by atoms with Gasteiger partial charge in [0.2, 0.25) is 5.91 Å². The molecule has 0 aromatic heterocycles. The summed E-state index contributed by atoms with van der Waals surface area (Å²) in [6.45, 7) is 2.05. The topological polar surface area (TPSA) is 83.4 Å². The monoisotopic (exact) mass is 498 g/mol. The number of hydrazone groups is 1. The average Bonchev–Trinajstić information content (AvgIpc) is 3.49. The van der Waals surface area contributed by atoms with Gasteiger partial charge in [0.15, 0.2) is 5.17 Å². The third kappa shape index (κ3) is 5.18. The van der Waals surface area contributed by atoms with Gasteiger partial charge >= 0.3 is 0 Å². The molecule has 0 radical (unpaired) electrons. The molecule has 2 aliphatic rings. The number of aliphatic imine (C=N–C) groups is 1. The lowest BCUT2D eigenvalue weighted by Crippen LogP contribution is -2.25. The molecule has 182 valence electrons. The Labute approximate surface area is 214 Å². The number of carbonyl (C=O) groups excluding carboxylic acids is 2. The van der Waals surface area contributed by atoms with Crippen LogP contribution in [0.5, 0.6) is 5.75 Å². The van der Waals surface area contributed by atoms with Gasteiger partial charge < -0.3 is 10.1 Å². The number of hydrogen-bond donors (Lipinski definition) is 1. The number of methoxy groups -OCH3 is 1. The van der Waals surface area contributed by atoms with Crippen molar-refractivity contribution in [3.63, 3.8) is 0 Å². The Morgan fingerprint density at radius 3 is 2.61 bits per heavy atom. The van der Waals surface area contributed by atoms with Crippen molar-refractivity contribution >= 4 is 40.1 Å². The Balaban J connectivity index is 1.33. The summed E-state index contributed by atoms with van der Waals surface area (Å²) in [6.07, 6.45) is 0.716. The first-order valence-electron chi connectivity index (χ1n) is 11.7. The maximum atomic E-state index is 12.8. The van der Waals surface area contributed by atoms with Gasteiger partial charge in [-0.25, -0.2) is 5.01 Å². The van der Waals surface area contributed by atoms with Crippen LogP contribution in [0.4, 0.5) is 5.69 Å². The summed E-state index contributed by atoms with van der Waals surface area (Å²) in [4.78, 5) is 29.8. The van der Waals surface area contributed by atoms with Crippen LogP contribution in [-0.2, 0) is 9.59 Å². The Morgan fingerprint density at radius 1 is 1.08 bits per heavy atom. The molecule has 8 heteroatoms. The molecule has 3 aromatic rings. The number of hydrogen-bond acceptors (Lipinski definition) is 6. The van der Waals surface area contributed by atoms with Gasteiger partial charge in [-0.1, -0.05) is 78.0 Å². The fraction of sp³-hybridized carbons (Fsp3) is 0.214. The summed E-state index contributed by atoms with van der Waals surface area (Å²) >= 11 is 1.29. The van der Waals surface area contributed by atoms with E-state index in [2.05, 4.69) is 53.6 Å². The lowest BCUT2D eigenvalue weighted by atomic mass is 9.98. The van der Waals surface area contributed by atoms with Crippen LogP contribution in [0, 0.1) is 6.92 Å². The van der Waals surface area contributed by atoms with Gasteiger partial charge in [-0.05, 0) is 30.2 Å². The zero-order chi connectivity index (χ0) is 25.1. The molecule has 0 spiro atoms. The van der Waals surface area contributed by atoms with Crippen LogP contribution in [-0.4, -0.2) is 40.1 Å². The molecule has 2 aliphatic heterocycles. The van der Waals surface area contributed by atoms with Crippen LogP contribution in [0.3, 0.4) is 0 Å². The molecular formula is C28H26N4O3S. The maximum Gasteiger partial charge on any atom is 0.262 e. The molecule has 1 N–H and O–H groups in total. The van der Waals surface area contributed by atoms with Crippen LogP contribution in [0.2, 0.25) is 0 Å². The Hall–Kier alpha value is -3.91. The van der Waals surface area contributed by atoms with Crippen molar-refractivity contribution in [3.8, 4) is 5.75 Å². The number of nitrogens with zero attached hydrogens (tertiary/aromatic N) is 3. The highest BCUT2D eigenvalue weighted by molar-refractivity contribution is 8.15. The third-order valence-corrected chi connectivity index (χ3v) is 7.27. The summed E-state index contributed by atoms with van der Waals surface area (Å²) in [5, 5.41) is 9.50. The second kappa shape index (κ2) is 10.4. The number of aryl methyl sites for hydroxylation is 1. The van der Waals surface area contributed by atoms with Crippen molar-refractivity contribution in [2.75, 3.05) is 12.4 Å². The highest BCUT2D eigenvalue weighted by Crippen LogP contribution is 2.38. The highest BCUT2D eigenvalue weighted by Gasteiger charge is 2.39. The fourth-order valence-corrected chi connectivity index (χ4v) is 5.29. The number of thioether (sulfide) groups is 1. The van der Waals surface area contributed by atoms with Gasteiger partial charge in [0.25, 0.3) is 5.91 Å². The second-order valence-electron chi connectivity index (χ2n) is 8.71. The van der Waals surface area contributed by atoms with Crippen LogP contribution in [0.1, 0.15) is 35.6 Å². The van der Waals surface area contributed by atoms with Crippen LogP contribution >= 0.6 is 11.8 Å². The van der Waals surface area contributed by atoms with Gasteiger partial charge in [-0.15, -0.1) is 0 Å². The molecule has 7 nitrogen and oxygen atoms in total. The SMILES string of the molecule is COc1cccc(NC(=O)C[C@@H]2SC(N3N=C(c4ccc(C)cc4)C[C@H]3c3ccccc3)=NC2=O)c1. The quantitative estimate of drug-likeness (QED) is 0.506. The van der Waals surface area contributed by atoms with Crippen molar-refractivity contribution in [2.45, 2.75) is 31.1 Å². The lowest BCUT2D eigenvalue weighted by molar-refractivity contribution is -0.121. The first-order chi connectivity index (χ1) is 17.5. The Bertz CT molecular complexity index is 1340. The maximum absolute atomic E-state index is 12.8. The summed E-state index contributed by atoms with van der Waals surface area (Å²) in [6, 6.07) is 25.4. The third-order valence-electron chi connectivity index (χ3n) is 6.13. The van der Waals surface area contributed by atoms with Gasteiger partial charge in [0.1, 0.15) is 11.0 Å². The van der Waals surface area contributed by atoms with E-state index in [-0.39, 0.29) is 24.3 Å². The lowest BCUT2D eigenvalue weighted by Gasteiger charge is -2.23. The number of anilines is 1. The zero-order valence-electron chi connectivity index (χ0n) is 20.0. The number of nitrogens with one attached hydrogen (secondary N) is 1. The first-order valence-corrected chi connectivity index (χ1v) is 12.6. The van der Waals surface area contributed by atoms with Crippen molar-refractivity contribution < 1.29 is 14.3 Å².